The van der Waals surface area contributed by atoms with Crippen LogP contribution in [0, 0.1) is 0 Å². The number of rotatable bonds is 0. The van der Waals surface area contributed by atoms with E-state index >= 15 is 0 Å². The maximum absolute atomic E-state index is 3.60. The van der Waals surface area contributed by atoms with Gasteiger partial charge in [-0.2, -0.15) is 0 Å². The first kappa shape index (κ1) is 6.40. The van der Waals surface area contributed by atoms with Gasteiger partial charge in [-0.25, -0.2) is 0 Å². The predicted octanol–water partition coefficient (Wildman–Crippen LogP) is 2.22. The quantitative estimate of drug-likeness (QED) is 0.597. The van der Waals surface area contributed by atoms with E-state index in [1.165, 1.54) is 0 Å². The van der Waals surface area contributed by atoms with Crippen molar-refractivity contribution in [3.8, 4) is 0 Å². The summed E-state index contributed by atoms with van der Waals surface area (Å²) in [7, 11) is 0. The molecule has 0 aliphatic heterocycles. The Morgan fingerprint density at radius 2 is 1.20 bits per heavy atom. The molecule has 0 N–H and O–H groups in total. The summed E-state index contributed by atoms with van der Waals surface area (Å²) in [5.74, 6) is 0. The van der Waals surface area contributed by atoms with Crippen LogP contribution in [0.2, 0.25) is 13.4 Å². The van der Waals surface area contributed by atoms with E-state index in [2.05, 4.69) is 25.4 Å². The second-order valence-corrected chi connectivity index (χ2v) is 39.0. The third kappa shape index (κ3) is 31.8. The summed E-state index contributed by atoms with van der Waals surface area (Å²) in [5.41, 5.74) is 0. The van der Waals surface area contributed by atoms with Gasteiger partial charge in [0.15, 0.2) is 0 Å². The molecule has 0 unspecified atom stereocenters. The van der Waals surface area contributed by atoms with E-state index in [1.807, 2.05) is 0 Å². The summed E-state index contributed by atoms with van der Waals surface area (Å²) < 4.78 is 6.98. The van der Waals surface area contributed by atoms with Crippen LogP contribution in [0.25, 0.3) is 0 Å². The van der Waals surface area contributed by atoms with Crippen LogP contribution in [0.3, 0.4) is 0 Å². The Bertz CT molecular complexity index is 22.4. The molecule has 0 aromatic rings. The van der Waals surface area contributed by atoms with Gasteiger partial charge in [-0.3, -0.25) is 0 Å². The normalized spacial score (nSPS) is 12.0. The predicted molar refractivity (Wildman–Crippen MR) is 32.3 cm³/mol. The Balaban J connectivity index is 3.02. The Kier molecular flexibility index (Phi) is 2.45. The van der Waals surface area contributed by atoms with Crippen LogP contribution < -0.4 is 0 Å². The Hall–Kier alpha value is 1.40. The molecule has 0 bridgehead atoms. The minimum absolute atomic E-state index is 1.47. The van der Waals surface area contributed by atoms with Gasteiger partial charge in [0.2, 0.25) is 0 Å². The van der Waals surface area contributed by atoms with Crippen molar-refractivity contribution in [2.45, 2.75) is 13.4 Å². The van der Waals surface area contributed by atoms with Gasteiger partial charge in [-0.15, -0.1) is 0 Å². The van der Waals surface area contributed by atoms with Gasteiger partial charge in [-0.05, 0) is 0 Å². The van der Waals surface area contributed by atoms with Crippen LogP contribution in [-0.4, -0.2) is 18.8 Å². The Labute approximate surface area is 43.9 Å². The van der Waals surface area contributed by atoms with Gasteiger partial charge in [0.05, 0.1) is 0 Å². The zero-order chi connectivity index (χ0) is 4.50. The molecule has 0 rings (SSSR count). The molecular formula is C3H9BrPb. The van der Waals surface area contributed by atoms with E-state index in [1.54, 1.807) is 0 Å². The van der Waals surface area contributed by atoms with Crippen LogP contribution in [-0.2, 0) is 0 Å². The summed E-state index contributed by atoms with van der Waals surface area (Å²) in [6, 6.07) is 0. The van der Waals surface area contributed by atoms with Gasteiger partial charge in [0.1, 0.15) is 0 Å². The molecule has 0 aliphatic rings. The van der Waals surface area contributed by atoms with Crippen LogP contribution in [0.5, 0.6) is 0 Å². The molecule has 0 aliphatic carbocycles. The van der Waals surface area contributed by atoms with Crippen molar-refractivity contribution >= 4 is 30.7 Å². The molecular weight excluding hydrogens is 323 g/mol. The van der Waals surface area contributed by atoms with E-state index in [4.69, 9.17) is 0 Å². The van der Waals surface area contributed by atoms with Crippen molar-refractivity contribution in [3.05, 3.63) is 0 Å². The fourth-order valence-corrected chi connectivity index (χ4v) is 0. The Morgan fingerprint density at radius 3 is 1.20 bits per heavy atom. The molecule has 0 saturated carbocycles. The Morgan fingerprint density at radius 1 is 1.20 bits per heavy atom. The standard InChI is InChI=1S/3CH3.BrH.Pb/h3*1H3;1H;/q;;;;+1/p-1. The van der Waals surface area contributed by atoms with Gasteiger partial charge in [-0.1, -0.05) is 0 Å². The minimum atomic E-state index is -1.47. The average Bonchev–Trinajstić information content (AvgIpc) is 0.722. The molecule has 0 fully saturated rings. The molecule has 0 aromatic carbocycles. The summed E-state index contributed by atoms with van der Waals surface area (Å²) in [6.45, 7) is 0. The van der Waals surface area contributed by atoms with Crippen molar-refractivity contribution < 1.29 is 0 Å². The van der Waals surface area contributed by atoms with Crippen molar-refractivity contribution in [1.29, 1.82) is 0 Å². The molecule has 0 aromatic heterocycles. The summed E-state index contributed by atoms with van der Waals surface area (Å²) in [5, 5.41) is 0. The van der Waals surface area contributed by atoms with Gasteiger partial charge in [0.25, 0.3) is 0 Å². The zero-order valence-electron chi connectivity index (χ0n) is 3.88. The van der Waals surface area contributed by atoms with Crippen LogP contribution in [0.1, 0.15) is 0 Å². The monoisotopic (exact) mass is 332 g/mol. The van der Waals surface area contributed by atoms with Gasteiger partial charge >= 0.3 is 44.2 Å². The maximum atomic E-state index is 3.60. The molecule has 32 valence electrons. The molecule has 5 heavy (non-hydrogen) atoms. The average molecular weight is 332 g/mol. The SMILES string of the molecule is [CH3][Pb]([CH3])([CH3])[Br]. The second kappa shape index (κ2) is 1.91. The molecule has 2 heteroatoms. The molecule has 0 radical (unpaired) electrons. The summed E-state index contributed by atoms with van der Waals surface area (Å²) in [4.78, 5) is 0. The van der Waals surface area contributed by atoms with Crippen molar-refractivity contribution in [3.63, 3.8) is 0 Å². The number of hydrogen-bond acceptors (Lipinski definition) is 0. The topological polar surface area (TPSA) is 0 Å². The first-order valence-corrected chi connectivity index (χ1v) is 21.8. The van der Waals surface area contributed by atoms with Crippen LogP contribution >= 0.6 is 12.0 Å². The third-order valence-corrected chi connectivity index (χ3v) is 0. The molecule has 0 amide bonds. The fraction of sp³-hybridized carbons (Fsp3) is 1.00. The van der Waals surface area contributed by atoms with E-state index in [9.17, 15) is 0 Å². The summed E-state index contributed by atoms with van der Waals surface area (Å²) >= 11 is 2.13. The van der Waals surface area contributed by atoms with Gasteiger partial charge in [0, 0.05) is 0 Å². The molecule has 0 nitrogen and oxygen atoms in total. The number of halogens is 1. The van der Waals surface area contributed by atoms with Crippen molar-refractivity contribution in [2.75, 3.05) is 0 Å². The van der Waals surface area contributed by atoms with Crippen molar-refractivity contribution in [1.82, 2.24) is 0 Å². The summed E-state index contributed by atoms with van der Waals surface area (Å²) in [6.07, 6.45) is 0. The molecule has 0 atom stereocenters. The fourth-order valence-electron chi connectivity index (χ4n) is 0. The van der Waals surface area contributed by atoms with Crippen LogP contribution in [0.15, 0.2) is 0 Å². The van der Waals surface area contributed by atoms with Crippen molar-refractivity contribution in [2.24, 2.45) is 0 Å². The van der Waals surface area contributed by atoms with E-state index in [0.717, 1.165) is 0 Å². The number of hydrogen-bond donors (Lipinski definition) is 0. The second-order valence-electron chi connectivity index (χ2n) is 2.07. The van der Waals surface area contributed by atoms with E-state index in [0.29, 0.717) is 0 Å². The zero-order valence-corrected chi connectivity index (χ0v) is 9.35. The van der Waals surface area contributed by atoms with Crippen LogP contribution in [0.4, 0.5) is 0 Å². The molecule has 0 saturated heterocycles. The first-order chi connectivity index (χ1) is 2.00. The molecule has 0 heterocycles. The van der Waals surface area contributed by atoms with E-state index in [-0.39, 0.29) is 0 Å². The van der Waals surface area contributed by atoms with E-state index < -0.39 is 18.8 Å². The van der Waals surface area contributed by atoms with Gasteiger partial charge < -0.3 is 0 Å². The molecule has 0 spiro atoms. The third-order valence-electron chi connectivity index (χ3n) is 0. The first-order valence-electron chi connectivity index (χ1n) is 1.69.